The first-order chi connectivity index (χ1) is 8.24. The van der Waals surface area contributed by atoms with Crippen LogP contribution in [-0.4, -0.2) is 49.3 Å². The van der Waals surface area contributed by atoms with Gasteiger partial charge in [-0.1, -0.05) is 0 Å². The van der Waals surface area contributed by atoms with Gasteiger partial charge in [-0.2, -0.15) is 0 Å². The van der Waals surface area contributed by atoms with E-state index in [4.69, 9.17) is 4.74 Å². The number of hydrogen-bond donors (Lipinski definition) is 0. The van der Waals surface area contributed by atoms with E-state index in [-0.39, 0.29) is 10.9 Å². The molecule has 3 saturated heterocycles. The Morgan fingerprint density at radius 2 is 1.94 bits per heavy atom. The number of likely N-dealkylation sites (tertiary alicyclic amines) is 1. The lowest BCUT2D eigenvalue weighted by Gasteiger charge is -2.42. The number of rotatable bonds is 2. The summed E-state index contributed by atoms with van der Waals surface area (Å²) in [6.07, 6.45) is 1.12. The van der Waals surface area contributed by atoms with Crippen molar-refractivity contribution in [2.75, 3.05) is 31.2 Å². The van der Waals surface area contributed by atoms with E-state index in [1.54, 1.807) is 0 Å². The Morgan fingerprint density at radius 3 is 2.41 bits per heavy atom. The molecule has 5 heteroatoms. The van der Waals surface area contributed by atoms with Crippen molar-refractivity contribution in [3.05, 3.63) is 26.5 Å². The molecule has 3 fully saturated rings. The molecule has 1 aromatic carbocycles. The molecule has 0 radical (unpaired) electrons. The number of nitrogens with zero attached hydrogens (tertiary/aromatic N) is 2. The van der Waals surface area contributed by atoms with Crippen LogP contribution in [-0.2, 0) is 4.74 Å². The van der Waals surface area contributed by atoms with Gasteiger partial charge >= 0.3 is 0 Å². The van der Waals surface area contributed by atoms with Crippen molar-refractivity contribution in [1.82, 2.24) is 4.90 Å². The first kappa shape index (κ1) is 9.79. The topological polar surface area (TPSA) is 49.9 Å². The minimum Gasteiger partial charge on any atom is -0.378 e. The number of piperazine rings is 1. The van der Waals surface area contributed by atoms with Gasteiger partial charge < -0.3 is 9.64 Å². The van der Waals surface area contributed by atoms with Crippen molar-refractivity contribution in [2.24, 2.45) is 0 Å². The van der Waals surface area contributed by atoms with Crippen molar-refractivity contribution < 1.29 is 4.74 Å². The minimum absolute atomic E-state index is 0.295. The molecule has 0 unspecified atom stereocenters. The number of anilines is 1. The summed E-state index contributed by atoms with van der Waals surface area (Å²) in [7, 11) is 0. The quantitative estimate of drug-likeness (QED) is 0.611. The molecule has 0 N–H and O–H groups in total. The van der Waals surface area contributed by atoms with Gasteiger partial charge in [-0.25, -0.2) is 0 Å². The zero-order valence-corrected chi connectivity index (χ0v) is 9.46. The number of hydrogen-bond acceptors (Lipinski definition) is 5. The summed E-state index contributed by atoms with van der Waals surface area (Å²) in [6.45, 7) is 3.61. The summed E-state index contributed by atoms with van der Waals surface area (Å²) in [4.78, 5) is 27.0. The molecular weight excluding hydrogens is 220 g/mol. The summed E-state index contributed by atoms with van der Waals surface area (Å²) in [5.41, 5.74) is 0.00936. The highest BCUT2D eigenvalue weighted by Crippen LogP contribution is 2.35. The van der Waals surface area contributed by atoms with Crippen LogP contribution in [0.25, 0.3) is 0 Å². The van der Waals surface area contributed by atoms with Gasteiger partial charge in [0.05, 0.1) is 24.9 Å². The second-order valence-electron chi connectivity index (χ2n) is 5.31. The molecule has 0 aromatic heterocycles. The highest BCUT2D eigenvalue weighted by molar-refractivity contribution is 5.53. The number of ether oxygens (including phenoxy) is 1. The van der Waals surface area contributed by atoms with E-state index in [1.165, 1.54) is 6.07 Å². The third-order valence-corrected chi connectivity index (χ3v) is 4.41. The van der Waals surface area contributed by atoms with Crippen LogP contribution in [0.5, 0.6) is 0 Å². The van der Waals surface area contributed by atoms with Gasteiger partial charge in [-0.15, -0.1) is 0 Å². The maximum absolute atomic E-state index is 11.4. The van der Waals surface area contributed by atoms with Crippen LogP contribution < -0.4 is 15.8 Å². The second-order valence-corrected chi connectivity index (χ2v) is 5.31. The Kier molecular flexibility index (Phi) is 1.83. The van der Waals surface area contributed by atoms with Gasteiger partial charge in [-0.05, 0) is 6.42 Å². The largest absolute Gasteiger partial charge is 0.378 e. The Hall–Kier alpha value is -1.20. The molecular formula is C12H14N2O3. The molecule has 90 valence electrons. The maximum atomic E-state index is 11.4. The molecule has 17 heavy (non-hydrogen) atoms. The summed E-state index contributed by atoms with van der Waals surface area (Å²) < 4.78 is 5.23. The predicted molar refractivity (Wildman–Crippen MR) is 62.2 cm³/mol. The van der Waals surface area contributed by atoms with E-state index < -0.39 is 0 Å². The molecule has 5 nitrogen and oxygen atoms in total. The molecule has 0 aliphatic carbocycles. The standard InChI is InChI=1S/C12H14N2O3/c15-11-2-10(12(11)16)14-4-7-1-8(14)3-13(7)9-5-17-6-9/h2,7-9H,1,3-6H2/t7-,8-/m0/s1. The van der Waals surface area contributed by atoms with E-state index >= 15 is 0 Å². The van der Waals surface area contributed by atoms with Crippen molar-refractivity contribution >= 4 is 5.69 Å². The smallest absolute Gasteiger partial charge is 0.249 e. The average Bonchev–Trinajstić information content (AvgIpc) is 2.82. The Bertz CT molecular complexity index is 530. The molecule has 1 aromatic rings. The van der Waals surface area contributed by atoms with Gasteiger partial charge in [0.1, 0.15) is 0 Å². The average molecular weight is 234 g/mol. The third-order valence-electron chi connectivity index (χ3n) is 4.41. The predicted octanol–water partition coefficient (Wildman–Crippen LogP) is -1.06. The van der Waals surface area contributed by atoms with Crippen LogP contribution in [0.2, 0.25) is 0 Å². The van der Waals surface area contributed by atoms with E-state index in [1.807, 2.05) is 0 Å². The van der Waals surface area contributed by atoms with Crippen molar-refractivity contribution in [1.29, 1.82) is 0 Å². The van der Waals surface area contributed by atoms with E-state index in [9.17, 15) is 9.59 Å². The van der Waals surface area contributed by atoms with Gasteiger partial charge in [0, 0.05) is 31.2 Å². The lowest BCUT2D eigenvalue weighted by Crippen LogP contribution is -2.58. The molecule has 0 saturated carbocycles. The third kappa shape index (κ3) is 1.21. The summed E-state index contributed by atoms with van der Waals surface area (Å²) >= 11 is 0. The Balaban J connectivity index is 1.53. The van der Waals surface area contributed by atoms with Crippen molar-refractivity contribution in [3.63, 3.8) is 0 Å². The molecule has 0 amide bonds. The first-order valence-corrected chi connectivity index (χ1v) is 6.14. The summed E-state index contributed by atoms with van der Waals surface area (Å²) in [5.74, 6) is 0. The van der Waals surface area contributed by atoms with Gasteiger partial charge in [0.2, 0.25) is 10.9 Å². The highest BCUT2D eigenvalue weighted by Gasteiger charge is 2.48. The molecule has 2 atom stereocenters. The minimum atomic E-state index is -0.341. The van der Waals surface area contributed by atoms with E-state index in [0.29, 0.717) is 23.8 Å². The molecule has 3 heterocycles. The lowest BCUT2D eigenvalue weighted by atomic mass is 10.1. The van der Waals surface area contributed by atoms with E-state index in [0.717, 1.165) is 32.7 Å². The highest BCUT2D eigenvalue weighted by atomic mass is 16.5. The maximum Gasteiger partial charge on any atom is 0.249 e. The molecule has 3 aliphatic heterocycles. The normalized spacial score (nSPS) is 33.5. The lowest BCUT2D eigenvalue weighted by molar-refractivity contribution is -0.0708. The Labute approximate surface area is 98.3 Å². The number of fused-ring (bicyclic) bond motifs is 2. The van der Waals surface area contributed by atoms with Crippen LogP contribution in [0.1, 0.15) is 6.42 Å². The fourth-order valence-electron chi connectivity index (χ4n) is 3.37. The van der Waals surface area contributed by atoms with Gasteiger partial charge in [0.15, 0.2) is 0 Å². The fraction of sp³-hybridized carbons (Fsp3) is 0.667. The van der Waals surface area contributed by atoms with E-state index in [2.05, 4.69) is 9.80 Å². The van der Waals surface area contributed by atoms with Crippen LogP contribution in [0.4, 0.5) is 5.69 Å². The SMILES string of the molecule is O=c1cc(N2C[C@@H]3C[C@H]2CN3C2COC2)c1=O. The monoisotopic (exact) mass is 234 g/mol. The zero-order chi connectivity index (χ0) is 11.6. The van der Waals surface area contributed by atoms with Crippen LogP contribution in [0.15, 0.2) is 15.7 Å². The van der Waals surface area contributed by atoms with Gasteiger partial charge in [0.25, 0.3) is 0 Å². The molecule has 2 bridgehead atoms. The molecule has 3 aliphatic rings. The van der Waals surface area contributed by atoms with Gasteiger partial charge in [-0.3, -0.25) is 14.5 Å². The second kappa shape index (κ2) is 3.17. The first-order valence-electron chi connectivity index (χ1n) is 6.14. The summed E-state index contributed by atoms with van der Waals surface area (Å²) in [5, 5.41) is 0. The van der Waals surface area contributed by atoms with Crippen molar-refractivity contribution in [2.45, 2.75) is 24.5 Å². The summed E-state index contributed by atoms with van der Waals surface area (Å²) in [6, 6.07) is 3.03. The van der Waals surface area contributed by atoms with Crippen molar-refractivity contribution in [3.8, 4) is 0 Å². The van der Waals surface area contributed by atoms with Crippen LogP contribution >= 0.6 is 0 Å². The zero-order valence-electron chi connectivity index (χ0n) is 9.46. The van der Waals surface area contributed by atoms with Crippen LogP contribution in [0, 0.1) is 0 Å². The molecule has 0 spiro atoms. The van der Waals surface area contributed by atoms with Crippen LogP contribution in [0.3, 0.4) is 0 Å². The Morgan fingerprint density at radius 1 is 1.12 bits per heavy atom. The fourth-order valence-corrected chi connectivity index (χ4v) is 3.37. The molecule has 4 rings (SSSR count).